The highest BCUT2D eigenvalue weighted by molar-refractivity contribution is 7.89. The van der Waals surface area contributed by atoms with Gasteiger partial charge in [-0.1, -0.05) is 24.6 Å². The van der Waals surface area contributed by atoms with E-state index in [-0.39, 0.29) is 11.4 Å². The fourth-order valence-corrected chi connectivity index (χ4v) is 4.77. The molecule has 0 saturated carbocycles. The molecule has 8 heteroatoms. The first-order chi connectivity index (χ1) is 13.0. The second-order valence-electron chi connectivity index (χ2n) is 6.39. The lowest BCUT2D eigenvalue weighted by Crippen LogP contribution is -2.36. The Morgan fingerprint density at radius 1 is 1.00 bits per heavy atom. The quantitative estimate of drug-likeness (QED) is 0.821. The second-order valence-corrected chi connectivity index (χ2v) is 8.29. The van der Waals surface area contributed by atoms with Gasteiger partial charge in [-0.3, -0.25) is 0 Å². The first kappa shape index (κ1) is 19.3. The van der Waals surface area contributed by atoms with Gasteiger partial charge < -0.3 is 10.6 Å². The monoisotopic (exact) mass is 391 g/mol. The summed E-state index contributed by atoms with van der Waals surface area (Å²) < 4.78 is 40.3. The Morgan fingerprint density at radius 2 is 1.67 bits per heavy atom. The van der Waals surface area contributed by atoms with Gasteiger partial charge in [-0.15, -0.1) is 0 Å². The number of urea groups is 1. The lowest BCUT2D eigenvalue weighted by atomic mass is 10.2. The molecule has 0 unspecified atom stereocenters. The standard InChI is InChI=1S/C19H22FN3O3S/c20-16-8-10-17(11-9-16)22-19(24)21-14-15-6-2-3-7-18(15)27(25,26)23-12-4-1-5-13-23/h2-3,6-11H,1,4-5,12-14H2,(H2,21,22,24). The molecule has 1 heterocycles. The van der Waals surface area contributed by atoms with Crippen molar-refractivity contribution in [1.82, 2.24) is 9.62 Å². The van der Waals surface area contributed by atoms with Crippen molar-refractivity contribution in [2.45, 2.75) is 30.7 Å². The maximum Gasteiger partial charge on any atom is 0.319 e. The van der Waals surface area contributed by atoms with E-state index in [1.165, 1.54) is 28.6 Å². The molecule has 2 aromatic carbocycles. The number of rotatable bonds is 5. The number of hydrogen-bond acceptors (Lipinski definition) is 3. The molecule has 144 valence electrons. The number of nitrogens with zero attached hydrogens (tertiary/aromatic N) is 1. The smallest absolute Gasteiger partial charge is 0.319 e. The first-order valence-corrected chi connectivity index (χ1v) is 10.3. The highest BCUT2D eigenvalue weighted by Gasteiger charge is 2.27. The number of anilines is 1. The van der Waals surface area contributed by atoms with Crippen LogP contribution in [0.5, 0.6) is 0 Å². The molecule has 3 rings (SSSR count). The Kier molecular flexibility index (Phi) is 6.08. The molecule has 0 radical (unpaired) electrons. The molecule has 2 aromatic rings. The summed E-state index contributed by atoms with van der Waals surface area (Å²) in [7, 11) is -3.58. The summed E-state index contributed by atoms with van der Waals surface area (Å²) in [6.07, 6.45) is 2.76. The van der Waals surface area contributed by atoms with Gasteiger partial charge in [-0.2, -0.15) is 4.31 Å². The van der Waals surface area contributed by atoms with Crippen molar-refractivity contribution in [3.8, 4) is 0 Å². The van der Waals surface area contributed by atoms with Crippen LogP contribution in [0.2, 0.25) is 0 Å². The molecule has 0 aliphatic carbocycles. The minimum Gasteiger partial charge on any atom is -0.334 e. The average molecular weight is 391 g/mol. The van der Waals surface area contributed by atoms with E-state index in [0.29, 0.717) is 24.3 Å². The summed E-state index contributed by atoms with van der Waals surface area (Å²) in [6, 6.07) is 11.6. The highest BCUT2D eigenvalue weighted by Crippen LogP contribution is 2.23. The molecular formula is C19H22FN3O3S. The molecule has 2 N–H and O–H groups in total. The highest BCUT2D eigenvalue weighted by atomic mass is 32.2. The van der Waals surface area contributed by atoms with E-state index in [0.717, 1.165) is 19.3 Å². The topological polar surface area (TPSA) is 78.5 Å². The molecule has 1 aliphatic rings. The number of piperidine rings is 1. The van der Waals surface area contributed by atoms with Gasteiger partial charge in [0.05, 0.1) is 4.90 Å². The number of amides is 2. The Bertz CT molecular complexity index is 895. The van der Waals surface area contributed by atoms with Crippen LogP contribution in [-0.4, -0.2) is 31.8 Å². The minimum atomic E-state index is -3.58. The fourth-order valence-electron chi connectivity index (χ4n) is 3.03. The molecule has 0 aromatic heterocycles. The predicted molar refractivity (Wildman–Crippen MR) is 101 cm³/mol. The molecule has 0 spiro atoms. The van der Waals surface area contributed by atoms with Crippen molar-refractivity contribution >= 4 is 21.7 Å². The third-order valence-electron chi connectivity index (χ3n) is 4.45. The molecule has 0 atom stereocenters. The largest absolute Gasteiger partial charge is 0.334 e. The van der Waals surface area contributed by atoms with Crippen LogP contribution in [0, 0.1) is 5.82 Å². The van der Waals surface area contributed by atoms with Crippen molar-refractivity contribution in [2.75, 3.05) is 18.4 Å². The Hall–Kier alpha value is -2.45. The van der Waals surface area contributed by atoms with E-state index in [1.807, 2.05) is 0 Å². The third kappa shape index (κ3) is 4.84. The fraction of sp³-hybridized carbons (Fsp3) is 0.316. The maximum atomic E-state index is 12.9. The van der Waals surface area contributed by atoms with Gasteiger partial charge in [0, 0.05) is 25.3 Å². The summed E-state index contributed by atoms with van der Waals surface area (Å²) in [5.41, 5.74) is 0.973. The number of benzene rings is 2. The summed E-state index contributed by atoms with van der Waals surface area (Å²) in [5, 5.41) is 5.24. The van der Waals surface area contributed by atoms with E-state index in [4.69, 9.17) is 0 Å². The van der Waals surface area contributed by atoms with E-state index in [9.17, 15) is 17.6 Å². The van der Waals surface area contributed by atoms with Crippen LogP contribution in [0.3, 0.4) is 0 Å². The lowest BCUT2D eigenvalue weighted by molar-refractivity contribution is 0.251. The zero-order valence-electron chi connectivity index (χ0n) is 14.8. The Morgan fingerprint density at radius 3 is 2.37 bits per heavy atom. The summed E-state index contributed by atoms with van der Waals surface area (Å²) >= 11 is 0. The molecule has 1 aliphatic heterocycles. The number of sulfonamides is 1. The van der Waals surface area contributed by atoms with Crippen LogP contribution < -0.4 is 10.6 Å². The number of hydrogen-bond donors (Lipinski definition) is 2. The van der Waals surface area contributed by atoms with Crippen LogP contribution in [0.25, 0.3) is 0 Å². The molecule has 0 bridgehead atoms. The second kappa shape index (κ2) is 8.49. The predicted octanol–water partition coefficient (Wildman–Crippen LogP) is 3.32. The maximum absolute atomic E-state index is 12.9. The molecule has 1 fully saturated rings. The molecular weight excluding hydrogens is 369 g/mol. The van der Waals surface area contributed by atoms with E-state index in [2.05, 4.69) is 10.6 Å². The van der Waals surface area contributed by atoms with E-state index < -0.39 is 21.9 Å². The normalized spacial score (nSPS) is 15.3. The SMILES string of the molecule is O=C(NCc1ccccc1S(=O)(=O)N1CCCCC1)Nc1ccc(F)cc1. The van der Waals surface area contributed by atoms with Gasteiger partial charge in [-0.25, -0.2) is 17.6 Å². The molecule has 6 nitrogen and oxygen atoms in total. The van der Waals surface area contributed by atoms with Crippen LogP contribution >= 0.6 is 0 Å². The van der Waals surface area contributed by atoms with E-state index >= 15 is 0 Å². The first-order valence-electron chi connectivity index (χ1n) is 8.85. The Balaban J connectivity index is 1.68. The van der Waals surface area contributed by atoms with Crippen molar-refractivity contribution in [3.63, 3.8) is 0 Å². The van der Waals surface area contributed by atoms with Crippen molar-refractivity contribution in [2.24, 2.45) is 0 Å². The van der Waals surface area contributed by atoms with Crippen LogP contribution in [-0.2, 0) is 16.6 Å². The number of carbonyl (C=O) groups excluding carboxylic acids is 1. The third-order valence-corrected chi connectivity index (χ3v) is 6.45. The number of nitrogens with one attached hydrogen (secondary N) is 2. The summed E-state index contributed by atoms with van der Waals surface area (Å²) in [5.74, 6) is -0.391. The van der Waals surface area contributed by atoms with Crippen LogP contribution in [0.4, 0.5) is 14.9 Å². The van der Waals surface area contributed by atoms with Crippen LogP contribution in [0.1, 0.15) is 24.8 Å². The van der Waals surface area contributed by atoms with Gasteiger partial charge in [-0.05, 0) is 48.7 Å². The van der Waals surface area contributed by atoms with Gasteiger partial charge in [0.2, 0.25) is 10.0 Å². The minimum absolute atomic E-state index is 0.0657. The zero-order valence-corrected chi connectivity index (χ0v) is 15.6. The van der Waals surface area contributed by atoms with Gasteiger partial charge in [0.25, 0.3) is 0 Å². The Labute approximate surface area is 158 Å². The van der Waals surface area contributed by atoms with Crippen molar-refractivity contribution in [3.05, 3.63) is 59.9 Å². The van der Waals surface area contributed by atoms with Crippen LogP contribution in [0.15, 0.2) is 53.4 Å². The summed E-state index contributed by atoms with van der Waals surface area (Å²) in [4.78, 5) is 12.3. The molecule has 2 amide bonds. The average Bonchev–Trinajstić information content (AvgIpc) is 2.69. The summed E-state index contributed by atoms with van der Waals surface area (Å²) in [6.45, 7) is 1.11. The van der Waals surface area contributed by atoms with Gasteiger partial charge in [0.15, 0.2) is 0 Å². The van der Waals surface area contributed by atoms with E-state index in [1.54, 1.807) is 24.3 Å². The number of carbonyl (C=O) groups is 1. The van der Waals surface area contributed by atoms with Crippen molar-refractivity contribution in [1.29, 1.82) is 0 Å². The number of halogens is 1. The van der Waals surface area contributed by atoms with Crippen molar-refractivity contribution < 1.29 is 17.6 Å². The lowest BCUT2D eigenvalue weighted by Gasteiger charge is -2.26. The zero-order chi connectivity index (χ0) is 19.3. The van der Waals surface area contributed by atoms with Gasteiger partial charge >= 0.3 is 6.03 Å². The van der Waals surface area contributed by atoms with Gasteiger partial charge in [0.1, 0.15) is 5.82 Å². The molecule has 1 saturated heterocycles. The molecule has 27 heavy (non-hydrogen) atoms.